The first-order chi connectivity index (χ1) is 17.5. The Balaban J connectivity index is 1.44. The molecule has 1 aliphatic heterocycles. The van der Waals surface area contributed by atoms with Crippen molar-refractivity contribution in [3.05, 3.63) is 106 Å². The number of aryl methyl sites for hydroxylation is 1. The average molecular weight is 486 g/mol. The number of aromatic nitrogens is 2. The number of rotatable bonds is 5. The molecular formula is C28H24FN3O4. The molecule has 36 heavy (non-hydrogen) atoms. The summed E-state index contributed by atoms with van der Waals surface area (Å²) in [5, 5.41) is 3.10. The quantitative estimate of drug-likeness (QED) is 0.410. The van der Waals surface area contributed by atoms with Crippen LogP contribution in [-0.2, 0) is 22.5 Å². The predicted octanol–water partition coefficient (Wildman–Crippen LogP) is 4.80. The average Bonchev–Trinajstić information content (AvgIpc) is 3.14. The number of hydrogen-bond acceptors (Lipinski definition) is 5. The van der Waals surface area contributed by atoms with E-state index in [-0.39, 0.29) is 11.1 Å². The number of carbonyl (C=O) groups excluding carboxylic acids is 2. The summed E-state index contributed by atoms with van der Waals surface area (Å²) >= 11 is 0. The molecule has 0 saturated carbocycles. The molecule has 182 valence electrons. The zero-order valence-corrected chi connectivity index (χ0v) is 19.4. The molecule has 2 heterocycles. The molecule has 0 spiro atoms. The lowest BCUT2D eigenvalue weighted by Crippen LogP contribution is -2.26. The van der Waals surface area contributed by atoms with Crippen molar-refractivity contribution in [2.45, 2.75) is 38.3 Å². The van der Waals surface area contributed by atoms with Crippen molar-refractivity contribution in [2.75, 3.05) is 5.32 Å². The lowest BCUT2D eigenvalue weighted by atomic mass is 10.1. The van der Waals surface area contributed by atoms with Crippen molar-refractivity contribution in [1.29, 1.82) is 0 Å². The Kier molecular flexibility index (Phi) is 6.58. The van der Waals surface area contributed by atoms with Gasteiger partial charge in [-0.15, -0.1) is 0 Å². The lowest BCUT2D eigenvalue weighted by molar-refractivity contribution is -0.125. The smallest absolute Gasteiger partial charge is 0.339 e. The summed E-state index contributed by atoms with van der Waals surface area (Å²) in [5.74, 6) is -1.02. The molecule has 1 N–H and O–H groups in total. The highest BCUT2D eigenvalue weighted by Crippen LogP contribution is 2.23. The van der Waals surface area contributed by atoms with Crippen LogP contribution in [0.1, 0.15) is 47.1 Å². The van der Waals surface area contributed by atoms with Gasteiger partial charge in [0.25, 0.3) is 11.5 Å². The second-order valence-corrected chi connectivity index (χ2v) is 8.72. The van der Waals surface area contributed by atoms with Gasteiger partial charge >= 0.3 is 5.97 Å². The number of carbonyl (C=O) groups is 2. The van der Waals surface area contributed by atoms with Gasteiger partial charge in [0.05, 0.1) is 16.5 Å². The van der Waals surface area contributed by atoms with E-state index < -0.39 is 23.8 Å². The number of nitrogens with zero attached hydrogens (tertiary/aromatic N) is 2. The summed E-state index contributed by atoms with van der Waals surface area (Å²) < 4.78 is 20.6. The molecule has 0 fully saturated rings. The van der Waals surface area contributed by atoms with Crippen molar-refractivity contribution in [3.63, 3.8) is 0 Å². The Hall–Kier alpha value is -4.33. The monoisotopic (exact) mass is 485 g/mol. The summed E-state index contributed by atoms with van der Waals surface area (Å²) in [7, 11) is 0. The van der Waals surface area contributed by atoms with Crippen LogP contribution in [0.2, 0.25) is 0 Å². The molecule has 1 aliphatic rings. The number of anilines is 1. The Morgan fingerprint density at radius 1 is 0.972 bits per heavy atom. The number of benzene rings is 3. The van der Waals surface area contributed by atoms with Gasteiger partial charge in [0.15, 0.2) is 0 Å². The lowest BCUT2D eigenvalue weighted by Gasteiger charge is -2.18. The van der Waals surface area contributed by atoms with Crippen LogP contribution in [0, 0.1) is 5.82 Å². The summed E-state index contributed by atoms with van der Waals surface area (Å²) in [6.45, 7) is 0.642. The first kappa shape index (κ1) is 23.4. The normalized spacial score (nSPS) is 13.9. The van der Waals surface area contributed by atoms with E-state index in [1.54, 1.807) is 41.0 Å². The maximum absolute atomic E-state index is 13.2. The zero-order chi connectivity index (χ0) is 25.1. The fraction of sp³-hybridized carbons (Fsp3) is 0.214. The number of amides is 1. The van der Waals surface area contributed by atoms with E-state index in [0.717, 1.165) is 25.1 Å². The van der Waals surface area contributed by atoms with E-state index in [2.05, 4.69) is 10.3 Å². The molecular weight excluding hydrogens is 461 g/mol. The number of halogens is 1. The SMILES string of the molecule is O=C(O[C@H](C(=O)Nc1ccc(F)cc1)c1ccccc1)c1ccc2c(=O)n3c(nc2c1)CCCCC3. The minimum absolute atomic E-state index is 0.113. The topological polar surface area (TPSA) is 90.3 Å². The van der Waals surface area contributed by atoms with Gasteiger partial charge in [-0.05, 0) is 55.3 Å². The van der Waals surface area contributed by atoms with Gasteiger partial charge in [-0.3, -0.25) is 14.2 Å². The van der Waals surface area contributed by atoms with Crippen LogP contribution in [0.3, 0.4) is 0 Å². The first-order valence-corrected chi connectivity index (χ1v) is 11.9. The van der Waals surface area contributed by atoms with Gasteiger partial charge in [0.1, 0.15) is 11.6 Å². The van der Waals surface area contributed by atoms with Gasteiger partial charge < -0.3 is 10.1 Å². The third-order valence-corrected chi connectivity index (χ3v) is 6.23. The number of hydrogen-bond donors (Lipinski definition) is 1. The Bertz CT molecular complexity index is 1480. The van der Waals surface area contributed by atoms with Crippen molar-refractivity contribution in [2.24, 2.45) is 0 Å². The van der Waals surface area contributed by atoms with Gasteiger partial charge in [-0.25, -0.2) is 14.2 Å². The molecule has 0 bridgehead atoms. The van der Waals surface area contributed by atoms with E-state index in [4.69, 9.17) is 4.74 Å². The van der Waals surface area contributed by atoms with E-state index in [0.29, 0.717) is 35.1 Å². The second kappa shape index (κ2) is 10.1. The van der Waals surface area contributed by atoms with Crippen molar-refractivity contribution in [3.8, 4) is 0 Å². The van der Waals surface area contributed by atoms with Gasteiger partial charge in [-0.2, -0.15) is 0 Å². The van der Waals surface area contributed by atoms with Crippen molar-refractivity contribution >= 4 is 28.5 Å². The van der Waals surface area contributed by atoms with Crippen LogP contribution in [0.25, 0.3) is 10.9 Å². The van der Waals surface area contributed by atoms with Gasteiger partial charge in [0.2, 0.25) is 6.10 Å². The van der Waals surface area contributed by atoms with E-state index in [9.17, 15) is 18.8 Å². The fourth-order valence-corrected chi connectivity index (χ4v) is 4.36. The maximum atomic E-state index is 13.2. The van der Waals surface area contributed by atoms with E-state index >= 15 is 0 Å². The second-order valence-electron chi connectivity index (χ2n) is 8.72. The van der Waals surface area contributed by atoms with Gasteiger partial charge in [-0.1, -0.05) is 36.8 Å². The van der Waals surface area contributed by atoms with Crippen LogP contribution in [0.5, 0.6) is 0 Å². The van der Waals surface area contributed by atoms with E-state index in [1.807, 2.05) is 0 Å². The summed E-state index contributed by atoms with van der Waals surface area (Å²) in [4.78, 5) is 43.9. The van der Waals surface area contributed by atoms with Crippen molar-refractivity contribution < 1.29 is 18.7 Å². The minimum Gasteiger partial charge on any atom is -0.444 e. The fourth-order valence-electron chi connectivity index (χ4n) is 4.36. The molecule has 1 atom stereocenters. The number of ether oxygens (including phenoxy) is 1. The zero-order valence-electron chi connectivity index (χ0n) is 19.4. The summed E-state index contributed by atoms with van der Waals surface area (Å²) in [6.07, 6.45) is 2.40. The van der Waals surface area contributed by atoms with Gasteiger partial charge in [0, 0.05) is 24.2 Å². The molecule has 4 aromatic rings. The molecule has 1 amide bonds. The Labute approximate surface area is 206 Å². The number of nitrogens with one attached hydrogen (secondary N) is 1. The van der Waals surface area contributed by atoms with Crippen LogP contribution < -0.4 is 10.9 Å². The Morgan fingerprint density at radius 2 is 1.75 bits per heavy atom. The third kappa shape index (κ3) is 4.88. The van der Waals surface area contributed by atoms with Crippen LogP contribution in [0.4, 0.5) is 10.1 Å². The molecule has 0 unspecified atom stereocenters. The van der Waals surface area contributed by atoms with Crippen LogP contribution in [0.15, 0.2) is 77.6 Å². The largest absolute Gasteiger partial charge is 0.444 e. The predicted molar refractivity (Wildman–Crippen MR) is 133 cm³/mol. The molecule has 5 rings (SSSR count). The number of esters is 1. The highest BCUT2D eigenvalue weighted by Gasteiger charge is 2.26. The first-order valence-electron chi connectivity index (χ1n) is 11.9. The third-order valence-electron chi connectivity index (χ3n) is 6.23. The summed E-state index contributed by atoms with van der Waals surface area (Å²) in [5.41, 5.74) is 1.35. The molecule has 1 aromatic heterocycles. The maximum Gasteiger partial charge on any atom is 0.339 e. The summed E-state index contributed by atoms with van der Waals surface area (Å²) in [6, 6.07) is 18.5. The molecule has 0 aliphatic carbocycles. The minimum atomic E-state index is -1.25. The highest BCUT2D eigenvalue weighted by atomic mass is 19.1. The van der Waals surface area contributed by atoms with Crippen molar-refractivity contribution in [1.82, 2.24) is 9.55 Å². The molecule has 7 nitrogen and oxygen atoms in total. The number of fused-ring (bicyclic) bond motifs is 2. The molecule has 3 aromatic carbocycles. The highest BCUT2D eigenvalue weighted by molar-refractivity contribution is 5.99. The van der Waals surface area contributed by atoms with Crippen LogP contribution in [-0.4, -0.2) is 21.4 Å². The standard InChI is InChI=1S/C28H24FN3O4/c29-20-11-13-21(14-12-20)30-26(33)25(18-7-3-1-4-8-18)36-28(35)19-10-15-22-23(17-19)31-24-9-5-2-6-16-32(24)27(22)34/h1,3-4,7-8,10-15,17,25H,2,5-6,9,16H2,(H,30,33)/t25-/m0/s1. The molecule has 0 saturated heterocycles. The van der Waals surface area contributed by atoms with E-state index in [1.165, 1.54) is 36.4 Å². The molecule has 0 radical (unpaired) electrons. The Morgan fingerprint density at radius 3 is 2.53 bits per heavy atom. The molecule has 8 heteroatoms. The van der Waals surface area contributed by atoms with Crippen LogP contribution >= 0.6 is 0 Å².